The topological polar surface area (TPSA) is 104 Å². The minimum atomic E-state index is -3.62. The summed E-state index contributed by atoms with van der Waals surface area (Å²) in [7, 11) is -3.62. The summed E-state index contributed by atoms with van der Waals surface area (Å²) in [6.45, 7) is 2.57. The number of hydrogen-bond donors (Lipinski definition) is 1. The fraction of sp³-hybridized carbons (Fsp3) is 0.400. The van der Waals surface area contributed by atoms with Crippen molar-refractivity contribution in [1.82, 2.24) is 14.5 Å². The van der Waals surface area contributed by atoms with Crippen molar-refractivity contribution in [3.05, 3.63) is 64.5 Å². The molecular weight excluding hydrogens is 473 g/mol. The zero-order valence-electron chi connectivity index (χ0n) is 19.3. The van der Waals surface area contributed by atoms with Crippen LogP contribution in [0.5, 0.6) is 0 Å². The molecule has 0 bridgehead atoms. The maximum Gasteiger partial charge on any atom is 0.255 e. The molecule has 2 saturated heterocycles. The van der Waals surface area contributed by atoms with Gasteiger partial charge in [-0.3, -0.25) is 19.7 Å². The molecule has 3 heterocycles. The summed E-state index contributed by atoms with van der Waals surface area (Å²) >= 11 is 0. The van der Waals surface area contributed by atoms with E-state index in [1.165, 1.54) is 15.3 Å². The minimum Gasteiger partial charge on any atom is -0.322 e. The summed E-state index contributed by atoms with van der Waals surface area (Å²) in [5.74, 6) is -1.96. The molecular formula is C25H26FN3O5S. The van der Waals surface area contributed by atoms with Crippen LogP contribution in [0.3, 0.4) is 0 Å². The number of nitrogens with zero attached hydrogens (tertiary/aromatic N) is 2. The number of halogens is 1. The summed E-state index contributed by atoms with van der Waals surface area (Å²) in [6.07, 6.45) is 1.32. The average molecular weight is 500 g/mol. The Morgan fingerprint density at radius 1 is 1.03 bits per heavy atom. The molecule has 184 valence electrons. The van der Waals surface area contributed by atoms with Crippen LogP contribution in [-0.4, -0.2) is 54.5 Å². The highest BCUT2D eigenvalue weighted by molar-refractivity contribution is 7.89. The van der Waals surface area contributed by atoms with Crippen LogP contribution in [0, 0.1) is 12.7 Å². The second kappa shape index (κ2) is 8.83. The lowest BCUT2D eigenvalue weighted by Crippen LogP contribution is -2.52. The van der Waals surface area contributed by atoms with Gasteiger partial charge in [-0.15, -0.1) is 0 Å². The van der Waals surface area contributed by atoms with Crippen molar-refractivity contribution in [1.29, 1.82) is 0 Å². The van der Waals surface area contributed by atoms with Crippen molar-refractivity contribution < 1.29 is 27.2 Å². The normalized spacial score (nSPS) is 21.8. The van der Waals surface area contributed by atoms with Crippen molar-refractivity contribution >= 4 is 27.7 Å². The van der Waals surface area contributed by atoms with E-state index in [9.17, 15) is 22.8 Å². The molecule has 1 atom stereocenters. The van der Waals surface area contributed by atoms with Gasteiger partial charge in [0.25, 0.3) is 5.91 Å². The van der Waals surface area contributed by atoms with Crippen LogP contribution in [0.4, 0.5) is 4.39 Å². The van der Waals surface area contributed by atoms with Gasteiger partial charge in [0.15, 0.2) is 0 Å². The molecule has 0 radical (unpaired) electrons. The van der Waals surface area contributed by atoms with Gasteiger partial charge in [0, 0.05) is 31.6 Å². The van der Waals surface area contributed by atoms with Crippen molar-refractivity contribution in [2.75, 3.05) is 13.1 Å². The maximum atomic E-state index is 15.1. The molecule has 3 aliphatic heterocycles. The zero-order chi connectivity index (χ0) is 24.9. The lowest BCUT2D eigenvalue weighted by atomic mass is 9.88. The van der Waals surface area contributed by atoms with Gasteiger partial charge in [-0.05, 0) is 67.0 Å². The molecule has 0 saturated carbocycles. The highest BCUT2D eigenvalue weighted by Gasteiger charge is 2.40. The Morgan fingerprint density at radius 3 is 2.46 bits per heavy atom. The summed E-state index contributed by atoms with van der Waals surface area (Å²) in [5.41, 5.74) is 2.21. The highest BCUT2D eigenvalue weighted by atomic mass is 32.2. The number of carbonyl (C=O) groups excluding carboxylic acids is 3. The number of benzene rings is 2. The van der Waals surface area contributed by atoms with Gasteiger partial charge < -0.3 is 4.90 Å². The predicted octanol–water partition coefficient (Wildman–Crippen LogP) is 2.46. The van der Waals surface area contributed by atoms with E-state index in [1.54, 1.807) is 24.3 Å². The third-order valence-corrected chi connectivity index (χ3v) is 9.06. The van der Waals surface area contributed by atoms with Crippen molar-refractivity contribution in [2.45, 2.75) is 56.0 Å². The van der Waals surface area contributed by atoms with Gasteiger partial charge in [0.2, 0.25) is 21.8 Å². The molecule has 0 spiro atoms. The first-order chi connectivity index (χ1) is 16.6. The number of carbonyl (C=O) groups is 3. The van der Waals surface area contributed by atoms with Crippen molar-refractivity contribution in [3.8, 4) is 0 Å². The Kier molecular flexibility index (Phi) is 5.96. The van der Waals surface area contributed by atoms with E-state index in [2.05, 4.69) is 5.32 Å². The van der Waals surface area contributed by atoms with Crippen LogP contribution in [-0.2, 0) is 26.2 Å². The molecule has 2 aromatic carbocycles. The zero-order valence-corrected chi connectivity index (χ0v) is 20.1. The van der Waals surface area contributed by atoms with Crippen LogP contribution in [0.2, 0.25) is 0 Å². The fourth-order valence-corrected chi connectivity index (χ4v) is 6.83. The molecule has 5 rings (SSSR count). The lowest BCUT2D eigenvalue weighted by molar-refractivity contribution is -0.136. The monoisotopic (exact) mass is 499 g/mol. The first-order valence-electron chi connectivity index (χ1n) is 11.7. The van der Waals surface area contributed by atoms with E-state index in [0.29, 0.717) is 24.0 Å². The molecule has 3 amide bonds. The summed E-state index contributed by atoms with van der Waals surface area (Å²) in [4.78, 5) is 38.2. The van der Waals surface area contributed by atoms with Gasteiger partial charge in [-0.2, -0.15) is 4.31 Å². The van der Waals surface area contributed by atoms with E-state index in [1.807, 2.05) is 13.0 Å². The summed E-state index contributed by atoms with van der Waals surface area (Å²) in [6, 6.07) is 8.95. The Bertz CT molecular complexity index is 1330. The number of rotatable bonds is 4. The SMILES string of the molecule is Cc1cccc(S(=O)(=O)N2CCC(c3cc4c(cc3F)C(=O)N(C3CCC(=O)NC3=O)C4)CC2)c1. The number of imide groups is 1. The molecule has 1 unspecified atom stereocenters. The number of piperidine rings is 2. The van der Waals surface area contributed by atoms with Crippen LogP contribution >= 0.6 is 0 Å². The number of nitrogens with one attached hydrogen (secondary N) is 1. The first-order valence-corrected chi connectivity index (χ1v) is 13.1. The van der Waals surface area contributed by atoms with Gasteiger partial charge >= 0.3 is 0 Å². The van der Waals surface area contributed by atoms with Gasteiger partial charge in [0.05, 0.1) is 4.90 Å². The van der Waals surface area contributed by atoms with Crippen LogP contribution in [0.25, 0.3) is 0 Å². The van der Waals surface area contributed by atoms with E-state index < -0.39 is 33.7 Å². The average Bonchev–Trinajstić information content (AvgIpc) is 3.14. The standard InChI is InChI=1S/C25H26FN3O5S/c1-15-3-2-4-18(11-15)35(33,34)28-9-7-16(8-10-28)19-12-17-14-29(25(32)20(17)13-21(19)26)22-5-6-23(30)27-24(22)31/h2-4,11-13,16,22H,5-10,14H2,1H3,(H,27,30,31). The molecule has 8 nitrogen and oxygen atoms in total. The molecule has 0 aromatic heterocycles. The van der Waals surface area contributed by atoms with Crippen molar-refractivity contribution in [3.63, 3.8) is 0 Å². The van der Waals surface area contributed by atoms with E-state index >= 15 is 4.39 Å². The second-order valence-electron chi connectivity index (χ2n) is 9.43. The van der Waals surface area contributed by atoms with Gasteiger partial charge in [0.1, 0.15) is 11.9 Å². The molecule has 0 aliphatic carbocycles. The molecule has 35 heavy (non-hydrogen) atoms. The highest BCUT2D eigenvalue weighted by Crippen LogP contribution is 2.36. The number of aryl methyl sites for hydroxylation is 1. The number of sulfonamides is 1. The summed E-state index contributed by atoms with van der Waals surface area (Å²) in [5, 5.41) is 2.26. The Morgan fingerprint density at radius 2 is 1.77 bits per heavy atom. The van der Waals surface area contributed by atoms with E-state index in [-0.39, 0.29) is 54.8 Å². The molecule has 2 aromatic rings. The predicted molar refractivity (Wildman–Crippen MR) is 124 cm³/mol. The molecule has 2 fully saturated rings. The summed E-state index contributed by atoms with van der Waals surface area (Å²) < 4.78 is 42.6. The third kappa shape index (κ3) is 4.25. The fourth-order valence-electron chi connectivity index (χ4n) is 5.25. The third-order valence-electron chi connectivity index (χ3n) is 7.16. The first kappa shape index (κ1) is 23.6. The number of amides is 3. The quantitative estimate of drug-likeness (QED) is 0.651. The van der Waals surface area contributed by atoms with Crippen LogP contribution in [0.1, 0.15) is 58.6 Å². The molecule has 1 N–H and O–H groups in total. The maximum absolute atomic E-state index is 15.1. The van der Waals surface area contributed by atoms with Crippen LogP contribution < -0.4 is 5.32 Å². The second-order valence-corrected chi connectivity index (χ2v) is 11.4. The lowest BCUT2D eigenvalue weighted by Gasteiger charge is -2.31. The Labute approximate surface area is 203 Å². The Hall–Kier alpha value is -3.11. The molecule has 10 heteroatoms. The van der Waals surface area contributed by atoms with Gasteiger partial charge in [-0.25, -0.2) is 12.8 Å². The van der Waals surface area contributed by atoms with Crippen molar-refractivity contribution in [2.24, 2.45) is 0 Å². The minimum absolute atomic E-state index is 0.153. The van der Waals surface area contributed by atoms with E-state index in [0.717, 1.165) is 5.56 Å². The van der Waals surface area contributed by atoms with E-state index in [4.69, 9.17) is 0 Å². The largest absolute Gasteiger partial charge is 0.322 e. The number of hydrogen-bond acceptors (Lipinski definition) is 5. The van der Waals surface area contributed by atoms with Crippen LogP contribution in [0.15, 0.2) is 41.3 Å². The molecule has 3 aliphatic rings. The number of fused-ring (bicyclic) bond motifs is 1. The smallest absolute Gasteiger partial charge is 0.255 e. The van der Waals surface area contributed by atoms with Gasteiger partial charge in [-0.1, -0.05) is 18.2 Å². The Balaban J connectivity index is 1.31.